The van der Waals surface area contributed by atoms with Gasteiger partial charge in [0.2, 0.25) is 5.91 Å². The van der Waals surface area contributed by atoms with Gasteiger partial charge in [0.15, 0.2) is 5.69 Å². The summed E-state index contributed by atoms with van der Waals surface area (Å²) in [7, 11) is 0. The molecule has 0 fully saturated rings. The highest BCUT2D eigenvalue weighted by Crippen LogP contribution is 2.20. The predicted octanol–water partition coefficient (Wildman–Crippen LogP) is 3.23. The maximum absolute atomic E-state index is 12.9. The Morgan fingerprint density at radius 3 is 2.29 bits per heavy atom. The van der Waals surface area contributed by atoms with Gasteiger partial charge in [-0.05, 0) is 56.2 Å². The minimum Gasteiger partial charge on any atom is -0.324 e. The first-order valence-corrected chi connectivity index (χ1v) is 8.68. The topological polar surface area (TPSA) is 88.9 Å². The third-order valence-electron chi connectivity index (χ3n) is 4.34. The largest absolute Gasteiger partial charge is 0.324 e. The minimum absolute atomic E-state index is 0.118. The lowest BCUT2D eigenvalue weighted by atomic mass is 10.1. The summed E-state index contributed by atoms with van der Waals surface area (Å²) in [5.74, 6) is -1.13. The highest BCUT2D eigenvalue weighted by atomic mass is 19.1. The average molecular weight is 381 g/mol. The highest BCUT2D eigenvalue weighted by molar-refractivity contribution is 6.04. The van der Waals surface area contributed by atoms with E-state index in [1.165, 1.54) is 28.9 Å². The van der Waals surface area contributed by atoms with E-state index in [9.17, 15) is 14.0 Å². The van der Waals surface area contributed by atoms with Gasteiger partial charge < -0.3 is 10.6 Å². The Balaban J connectivity index is 1.70. The molecular formula is C20H20FN5O2. The van der Waals surface area contributed by atoms with Crippen molar-refractivity contribution in [2.75, 3.05) is 10.6 Å². The van der Waals surface area contributed by atoms with Crippen molar-refractivity contribution >= 4 is 23.2 Å². The number of carbonyl (C=O) groups excluding carboxylic acids is 2. The molecule has 0 aliphatic rings. The summed E-state index contributed by atoms with van der Waals surface area (Å²) in [4.78, 5) is 24.8. The quantitative estimate of drug-likeness (QED) is 0.710. The zero-order chi connectivity index (χ0) is 20.3. The molecule has 8 heteroatoms. The van der Waals surface area contributed by atoms with Gasteiger partial charge in [-0.15, -0.1) is 5.10 Å². The molecule has 2 aromatic carbocycles. The molecule has 0 spiro atoms. The van der Waals surface area contributed by atoms with Gasteiger partial charge in [-0.1, -0.05) is 23.4 Å². The van der Waals surface area contributed by atoms with Crippen LogP contribution in [-0.4, -0.2) is 26.8 Å². The number of aryl methyl sites for hydroxylation is 2. The minimum atomic E-state index is -0.389. The molecule has 0 saturated heterocycles. The fraction of sp³-hybridized carbons (Fsp3) is 0.200. The van der Waals surface area contributed by atoms with Crippen LogP contribution in [0.1, 0.15) is 27.3 Å². The van der Waals surface area contributed by atoms with Crippen LogP contribution in [0, 0.1) is 26.6 Å². The molecule has 28 heavy (non-hydrogen) atoms. The van der Waals surface area contributed by atoms with Gasteiger partial charge in [-0.3, -0.25) is 9.59 Å². The molecule has 2 amide bonds. The second-order valence-electron chi connectivity index (χ2n) is 6.46. The summed E-state index contributed by atoms with van der Waals surface area (Å²) in [5.41, 5.74) is 3.71. The SMILES string of the molecule is Cc1cccc(C)c1NC(=O)c1nnn(CC(=O)Nc2ccc(F)cc2)c1C. The van der Waals surface area contributed by atoms with Gasteiger partial charge in [0.05, 0.1) is 5.69 Å². The van der Waals surface area contributed by atoms with Crippen molar-refractivity contribution in [1.82, 2.24) is 15.0 Å². The van der Waals surface area contributed by atoms with Gasteiger partial charge >= 0.3 is 0 Å². The first-order valence-electron chi connectivity index (χ1n) is 8.68. The van der Waals surface area contributed by atoms with E-state index in [0.29, 0.717) is 11.4 Å². The summed E-state index contributed by atoms with van der Waals surface area (Å²) in [6.45, 7) is 5.37. The van der Waals surface area contributed by atoms with E-state index in [4.69, 9.17) is 0 Å². The molecule has 0 bridgehead atoms. The number of carbonyl (C=O) groups is 2. The Morgan fingerprint density at radius 2 is 1.64 bits per heavy atom. The van der Waals surface area contributed by atoms with E-state index in [0.717, 1.165) is 16.8 Å². The average Bonchev–Trinajstić information content (AvgIpc) is 3.00. The molecule has 0 aliphatic heterocycles. The first-order chi connectivity index (χ1) is 13.3. The lowest BCUT2D eigenvalue weighted by Gasteiger charge is -2.10. The van der Waals surface area contributed by atoms with Crippen LogP contribution in [0.15, 0.2) is 42.5 Å². The highest BCUT2D eigenvalue weighted by Gasteiger charge is 2.19. The number of aromatic nitrogens is 3. The molecule has 2 N–H and O–H groups in total. The van der Waals surface area contributed by atoms with Crippen molar-refractivity contribution in [3.8, 4) is 0 Å². The molecule has 0 radical (unpaired) electrons. The molecule has 3 aromatic rings. The Hall–Kier alpha value is -3.55. The summed E-state index contributed by atoms with van der Waals surface area (Å²) in [6, 6.07) is 11.2. The molecule has 144 valence electrons. The first kappa shape index (κ1) is 19.2. The number of nitrogens with one attached hydrogen (secondary N) is 2. The number of halogens is 1. The number of hydrogen-bond donors (Lipinski definition) is 2. The number of anilines is 2. The maximum atomic E-state index is 12.9. The van der Waals surface area contributed by atoms with Crippen LogP contribution in [-0.2, 0) is 11.3 Å². The molecule has 1 aromatic heterocycles. The number of para-hydroxylation sites is 1. The summed E-state index contributed by atoms with van der Waals surface area (Å²) in [5, 5.41) is 13.3. The van der Waals surface area contributed by atoms with E-state index < -0.39 is 0 Å². The Bertz CT molecular complexity index is 1010. The third-order valence-corrected chi connectivity index (χ3v) is 4.34. The van der Waals surface area contributed by atoms with Gasteiger partial charge in [-0.2, -0.15) is 0 Å². The number of benzene rings is 2. The van der Waals surface area contributed by atoms with Crippen molar-refractivity contribution in [3.05, 3.63) is 70.8 Å². The van der Waals surface area contributed by atoms with Crippen molar-refractivity contribution in [2.24, 2.45) is 0 Å². The van der Waals surface area contributed by atoms with Crippen LogP contribution in [0.5, 0.6) is 0 Å². The predicted molar refractivity (Wildman–Crippen MR) is 104 cm³/mol. The van der Waals surface area contributed by atoms with Crippen molar-refractivity contribution in [1.29, 1.82) is 0 Å². The fourth-order valence-corrected chi connectivity index (χ4v) is 2.77. The van der Waals surface area contributed by atoms with E-state index in [-0.39, 0.29) is 29.9 Å². The van der Waals surface area contributed by atoms with Crippen LogP contribution in [0.2, 0.25) is 0 Å². The second-order valence-corrected chi connectivity index (χ2v) is 6.46. The molecule has 1 heterocycles. The van der Waals surface area contributed by atoms with Crippen molar-refractivity contribution in [2.45, 2.75) is 27.3 Å². The van der Waals surface area contributed by atoms with Crippen LogP contribution in [0.4, 0.5) is 15.8 Å². The van der Waals surface area contributed by atoms with E-state index >= 15 is 0 Å². The zero-order valence-electron chi connectivity index (χ0n) is 15.8. The molecule has 0 atom stereocenters. The second kappa shape index (κ2) is 7.99. The molecular weight excluding hydrogens is 361 g/mol. The van der Waals surface area contributed by atoms with Gasteiger partial charge in [0, 0.05) is 11.4 Å². The number of nitrogens with zero attached hydrogens (tertiary/aromatic N) is 3. The maximum Gasteiger partial charge on any atom is 0.278 e. The van der Waals surface area contributed by atoms with E-state index in [2.05, 4.69) is 20.9 Å². The Labute approximate surface area is 161 Å². The smallest absolute Gasteiger partial charge is 0.278 e. The number of rotatable bonds is 5. The molecule has 0 saturated carbocycles. The lowest BCUT2D eigenvalue weighted by molar-refractivity contribution is -0.117. The third kappa shape index (κ3) is 4.22. The Morgan fingerprint density at radius 1 is 1.00 bits per heavy atom. The Kier molecular flexibility index (Phi) is 5.49. The van der Waals surface area contributed by atoms with Crippen LogP contribution in [0.25, 0.3) is 0 Å². The van der Waals surface area contributed by atoms with Gasteiger partial charge in [-0.25, -0.2) is 9.07 Å². The molecule has 7 nitrogen and oxygen atoms in total. The van der Waals surface area contributed by atoms with Crippen LogP contribution in [0.3, 0.4) is 0 Å². The number of amides is 2. The van der Waals surface area contributed by atoms with E-state index in [1.807, 2.05) is 32.0 Å². The molecule has 0 unspecified atom stereocenters. The van der Waals surface area contributed by atoms with Crippen molar-refractivity contribution < 1.29 is 14.0 Å². The monoisotopic (exact) mass is 381 g/mol. The molecule has 0 aliphatic carbocycles. The zero-order valence-corrected chi connectivity index (χ0v) is 15.8. The summed E-state index contributed by atoms with van der Waals surface area (Å²) in [6.07, 6.45) is 0. The normalized spacial score (nSPS) is 10.6. The lowest BCUT2D eigenvalue weighted by Crippen LogP contribution is -2.21. The standard InChI is InChI=1S/C20H20FN5O2/c1-12-5-4-6-13(2)18(12)23-20(28)19-14(3)26(25-24-19)11-17(27)22-16-9-7-15(21)8-10-16/h4-10H,11H2,1-3H3,(H,22,27)(H,23,28). The van der Waals surface area contributed by atoms with Crippen molar-refractivity contribution in [3.63, 3.8) is 0 Å². The van der Waals surface area contributed by atoms with Crippen LogP contribution >= 0.6 is 0 Å². The van der Waals surface area contributed by atoms with E-state index in [1.54, 1.807) is 6.92 Å². The van der Waals surface area contributed by atoms with Gasteiger partial charge in [0.25, 0.3) is 5.91 Å². The summed E-state index contributed by atoms with van der Waals surface area (Å²) >= 11 is 0. The number of hydrogen-bond acceptors (Lipinski definition) is 4. The van der Waals surface area contributed by atoms with Crippen LogP contribution < -0.4 is 10.6 Å². The molecule has 3 rings (SSSR count). The fourth-order valence-electron chi connectivity index (χ4n) is 2.77. The van der Waals surface area contributed by atoms with Gasteiger partial charge in [0.1, 0.15) is 12.4 Å². The summed E-state index contributed by atoms with van der Waals surface area (Å²) < 4.78 is 14.3.